The zero-order valence-corrected chi connectivity index (χ0v) is 8.26. The summed E-state index contributed by atoms with van der Waals surface area (Å²) in [5, 5.41) is 0.566. The van der Waals surface area contributed by atoms with Crippen LogP contribution in [-0.2, 0) is 9.63 Å². The van der Waals surface area contributed by atoms with Gasteiger partial charge in [0.25, 0.3) is 0 Å². The fourth-order valence-corrected chi connectivity index (χ4v) is 1.40. The van der Waals surface area contributed by atoms with Crippen LogP contribution in [0.25, 0.3) is 0 Å². The number of carbonyl (C=O) groups excluding carboxylic acids is 1. The molecule has 0 saturated carbocycles. The van der Waals surface area contributed by atoms with Crippen molar-refractivity contribution in [1.29, 1.82) is 0 Å². The Morgan fingerprint density at radius 3 is 2.86 bits per heavy atom. The lowest BCUT2D eigenvalue weighted by Gasteiger charge is -2.09. The molecule has 1 aliphatic carbocycles. The van der Waals surface area contributed by atoms with Gasteiger partial charge in [0, 0.05) is 17.3 Å². The minimum atomic E-state index is -0.0877. The molecule has 0 aromatic heterocycles. The summed E-state index contributed by atoms with van der Waals surface area (Å²) in [4.78, 5) is 16.6. The van der Waals surface area contributed by atoms with Gasteiger partial charge in [0.15, 0.2) is 11.5 Å². The number of hydrogen-bond acceptors (Lipinski definition) is 3. The van der Waals surface area contributed by atoms with Crippen LogP contribution in [0.3, 0.4) is 0 Å². The van der Waals surface area contributed by atoms with Crippen molar-refractivity contribution in [1.82, 2.24) is 5.48 Å². The van der Waals surface area contributed by atoms with E-state index in [-0.39, 0.29) is 5.78 Å². The first-order chi connectivity index (χ1) is 6.68. The van der Waals surface area contributed by atoms with E-state index in [9.17, 15) is 4.79 Å². The monoisotopic (exact) mass is 209 g/mol. The van der Waals surface area contributed by atoms with Crippen LogP contribution in [0.15, 0.2) is 46.4 Å². The molecule has 0 radical (unpaired) electrons. The Morgan fingerprint density at radius 2 is 2.21 bits per heavy atom. The Kier molecular flexibility index (Phi) is 2.17. The SMILES string of the molecule is CC1=CC(=O)C(=C2C=CNO2)C=C1Cl. The number of halogens is 1. The summed E-state index contributed by atoms with van der Waals surface area (Å²) in [7, 11) is 0. The smallest absolute Gasteiger partial charge is 0.190 e. The molecule has 0 fully saturated rings. The summed E-state index contributed by atoms with van der Waals surface area (Å²) in [5.41, 5.74) is 3.78. The highest BCUT2D eigenvalue weighted by molar-refractivity contribution is 6.34. The van der Waals surface area contributed by atoms with Crippen LogP contribution in [0.2, 0.25) is 0 Å². The molecule has 1 aliphatic heterocycles. The number of nitrogens with one attached hydrogen (secondary N) is 1. The topological polar surface area (TPSA) is 38.3 Å². The Labute approximate surface area is 86.3 Å². The predicted octanol–water partition coefficient (Wildman–Crippen LogP) is 1.94. The zero-order valence-electron chi connectivity index (χ0n) is 7.50. The normalized spacial score (nSPS) is 25.4. The van der Waals surface area contributed by atoms with E-state index in [1.165, 1.54) is 6.08 Å². The van der Waals surface area contributed by atoms with E-state index in [2.05, 4.69) is 5.48 Å². The second-order valence-electron chi connectivity index (χ2n) is 3.02. The van der Waals surface area contributed by atoms with Crippen LogP contribution in [0.1, 0.15) is 6.92 Å². The summed E-state index contributed by atoms with van der Waals surface area (Å²) >= 11 is 5.91. The Balaban J connectivity index is 2.45. The molecule has 2 rings (SSSR count). The quantitative estimate of drug-likeness (QED) is 0.620. The van der Waals surface area contributed by atoms with E-state index >= 15 is 0 Å². The number of allylic oxidation sites excluding steroid dienone is 6. The molecule has 0 amide bonds. The molecule has 0 aromatic carbocycles. The van der Waals surface area contributed by atoms with Crippen molar-refractivity contribution in [2.24, 2.45) is 0 Å². The van der Waals surface area contributed by atoms with Crippen molar-refractivity contribution in [3.63, 3.8) is 0 Å². The minimum Gasteiger partial charge on any atom is -0.382 e. The molecule has 1 heterocycles. The Bertz CT molecular complexity index is 416. The first-order valence-corrected chi connectivity index (χ1v) is 4.49. The zero-order chi connectivity index (χ0) is 10.1. The maximum Gasteiger partial charge on any atom is 0.190 e. The lowest BCUT2D eigenvalue weighted by molar-refractivity contribution is -0.111. The average molecular weight is 210 g/mol. The van der Waals surface area contributed by atoms with Gasteiger partial charge in [-0.3, -0.25) is 4.79 Å². The van der Waals surface area contributed by atoms with Crippen molar-refractivity contribution >= 4 is 17.4 Å². The highest BCUT2D eigenvalue weighted by atomic mass is 35.5. The number of ketones is 1. The molecule has 4 heteroatoms. The molecule has 72 valence electrons. The van der Waals surface area contributed by atoms with Gasteiger partial charge in [0.05, 0.1) is 5.57 Å². The number of rotatable bonds is 0. The number of hydroxylamine groups is 1. The lowest BCUT2D eigenvalue weighted by Crippen LogP contribution is -2.08. The van der Waals surface area contributed by atoms with Gasteiger partial charge in [0.2, 0.25) is 0 Å². The number of hydrogen-bond donors (Lipinski definition) is 1. The van der Waals surface area contributed by atoms with Crippen LogP contribution in [0.4, 0.5) is 0 Å². The molecule has 3 nitrogen and oxygen atoms in total. The Morgan fingerprint density at radius 1 is 1.43 bits per heavy atom. The molecule has 0 atom stereocenters. The Hall–Kier alpha value is -1.48. The van der Waals surface area contributed by atoms with E-state index < -0.39 is 0 Å². The predicted molar refractivity (Wildman–Crippen MR) is 53.1 cm³/mol. The molecule has 2 aliphatic rings. The highest BCUT2D eigenvalue weighted by Crippen LogP contribution is 2.26. The minimum absolute atomic E-state index is 0.0877. The third-order valence-corrected chi connectivity index (χ3v) is 2.41. The van der Waals surface area contributed by atoms with Crippen molar-refractivity contribution in [3.05, 3.63) is 46.4 Å². The number of carbonyl (C=O) groups is 1. The highest BCUT2D eigenvalue weighted by Gasteiger charge is 2.19. The van der Waals surface area contributed by atoms with E-state index in [0.29, 0.717) is 16.4 Å². The van der Waals surface area contributed by atoms with Crippen LogP contribution in [0, 0.1) is 0 Å². The van der Waals surface area contributed by atoms with Gasteiger partial charge in [0.1, 0.15) is 0 Å². The maximum atomic E-state index is 11.6. The second-order valence-corrected chi connectivity index (χ2v) is 3.42. The standard InChI is InChI=1S/C10H8ClNO2/c1-6-4-9(13)7(5-8(6)11)10-2-3-12-14-10/h2-5,12H,1H3. The summed E-state index contributed by atoms with van der Waals surface area (Å²) in [6.07, 6.45) is 6.41. The molecule has 0 aromatic rings. The van der Waals surface area contributed by atoms with Gasteiger partial charge >= 0.3 is 0 Å². The van der Waals surface area contributed by atoms with E-state index in [0.717, 1.165) is 5.57 Å². The van der Waals surface area contributed by atoms with Crippen molar-refractivity contribution in [2.45, 2.75) is 6.92 Å². The second kappa shape index (κ2) is 3.35. The van der Waals surface area contributed by atoms with Gasteiger partial charge < -0.3 is 4.84 Å². The van der Waals surface area contributed by atoms with E-state index in [1.54, 1.807) is 25.3 Å². The lowest BCUT2D eigenvalue weighted by atomic mass is 10.0. The third-order valence-electron chi connectivity index (χ3n) is 2.00. The van der Waals surface area contributed by atoms with Gasteiger partial charge in [-0.1, -0.05) is 11.6 Å². The molecule has 0 unspecified atom stereocenters. The van der Waals surface area contributed by atoms with Crippen LogP contribution >= 0.6 is 11.6 Å². The van der Waals surface area contributed by atoms with Crippen LogP contribution in [0.5, 0.6) is 0 Å². The summed E-state index contributed by atoms with van der Waals surface area (Å²) in [6, 6.07) is 0. The molecule has 1 N–H and O–H groups in total. The molecule has 0 spiro atoms. The molecular weight excluding hydrogens is 202 g/mol. The third kappa shape index (κ3) is 1.46. The van der Waals surface area contributed by atoms with Gasteiger partial charge in [-0.15, -0.1) is 0 Å². The average Bonchev–Trinajstić information content (AvgIpc) is 2.64. The first-order valence-electron chi connectivity index (χ1n) is 4.12. The summed E-state index contributed by atoms with van der Waals surface area (Å²) in [5.74, 6) is 0.409. The molecule has 0 saturated heterocycles. The fourth-order valence-electron chi connectivity index (χ4n) is 1.23. The van der Waals surface area contributed by atoms with Gasteiger partial charge in [-0.05, 0) is 24.6 Å². The maximum absolute atomic E-state index is 11.6. The summed E-state index contributed by atoms with van der Waals surface area (Å²) < 4.78 is 0. The van der Waals surface area contributed by atoms with Crippen molar-refractivity contribution in [2.75, 3.05) is 0 Å². The van der Waals surface area contributed by atoms with Crippen LogP contribution in [-0.4, -0.2) is 5.78 Å². The molecular formula is C10H8ClNO2. The molecule has 0 bridgehead atoms. The largest absolute Gasteiger partial charge is 0.382 e. The summed E-state index contributed by atoms with van der Waals surface area (Å²) in [6.45, 7) is 1.79. The van der Waals surface area contributed by atoms with E-state index in [4.69, 9.17) is 16.4 Å². The van der Waals surface area contributed by atoms with Gasteiger partial charge in [-0.25, -0.2) is 5.48 Å². The molecule has 14 heavy (non-hydrogen) atoms. The van der Waals surface area contributed by atoms with Crippen molar-refractivity contribution in [3.8, 4) is 0 Å². The van der Waals surface area contributed by atoms with E-state index in [1.807, 2.05) is 0 Å². The fraction of sp³-hybridized carbons (Fsp3) is 0.100. The van der Waals surface area contributed by atoms with Gasteiger partial charge in [-0.2, -0.15) is 0 Å². The first kappa shape index (κ1) is 9.09. The van der Waals surface area contributed by atoms with Crippen LogP contribution < -0.4 is 5.48 Å². The van der Waals surface area contributed by atoms with Crippen molar-refractivity contribution < 1.29 is 9.63 Å².